The summed E-state index contributed by atoms with van der Waals surface area (Å²) in [6, 6.07) is 4.21. The van der Waals surface area contributed by atoms with E-state index in [9.17, 15) is 13.2 Å². The van der Waals surface area contributed by atoms with Crippen LogP contribution in [0.1, 0.15) is 37.5 Å². The summed E-state index contributed by atoms with van der Waals surface area (Å²) in [5.74, 6) is 0. The smallest absolute Gasteiger partial charge is 0.166 e. The predicted molar refractivity (Wildman–Crippen MR) is 54.9 cm³/mol. The highest BCUT2D eigenvalue weighted by molar-refractivity contribution is 5.34. The molecule has 0 radical (unpaired) electrons. The third-order valence-corrected chi connectivity index (χ3v) is 2.27. The largest absolute Gasteiger partial charge is 0.416 e. The quantitative estimate of drug-likeness (QED) is 0.606. The van der Waals surface area contributed by atoms with Gasteiger partial charge in [0.1, 0.15) is 0 Å². The van der Waals surface area contributed by atoms with E-state index in [0.717, 1.165) is 5.56 Å². The third kappa shape index (κ3) is 2.98. The van der Waals surface area contributed by atoms with Crippen molar-refractivity contribution in [2.24, 2.45) is 0 Å². The van der Waals surface area contributed by atoms with Gasteiger partial charge in [0.15, 0.2) is 0 Å². The zero-order valence-corrected chi connectivity index (χ0v) is 9.37. The van der Waals surface area contributed by atoms with Gasteiger partial charge in [-0.15, -0.1) is 0 Å². The van der Waals surface area contributed by atoms with Crippen molar-refractivity contribution >= 4 is 0 Å². The molecule has 0 N–H and O–H groups in total. The molecule has 0 nitrogen and oxygen atoms in total. The molecule has 1 aromatic rings. The highest BCUT2D eigenvalue weighted by atomic mass is 19.4. The maximum atomic E-state index is 12.5. The Hall–Kier alpha value is -0.990. The number of hydrogen-bond donors (Lipinski definition) is 0. The second kappa shape index (κ2) is 3.54. The van der Waals surface area contributed by atoms with Crippen LogP contribution in [0, 0.1) is 6.92 Å². The SMILES string of the molecule is Cc1cc(C(C)(C)C)cc(C(F)(F)F)c1. The lowest BCUT2D eigenvalue weighted by Crippen LogP contribution is -2.14. The first-order valence-electron chi connectivity index (χ1n) is 4.80. The van der Waals surface area contributed by atoms with E-state index < -0.39 is 11.7 Å². The van der Waals surface area contributed by atoms with E-state index in [1.807, 2.05) is 20.8 Å². The lowest BCUT2D eigenvalue weighted by Gasteiger charge is -2.21. The fourth-order valence-corrected chi connectivity index (χ4v) is 1.38. The lowest BCUT2D eigenvalue weighted by atomic mass is 9.85. The van der Waals surface area contributed by atoms with Gasteiger partial charge in [-0.3, -0.25) is 0 Å². The van der Waals surface area contributed by atoms with Gasteiger partial charge in [0.05, 0.1) is 5.56 Å². The van der Waals surface area contributed by atoms with Crippen molar-refractivity contribution in [2.75, 3.05) is 0 Å². The van der Waals surface area contributed by atoms with E-state index in [1.165, 1.54) is 12.1 Å². The van der Waals surface area contributed by atoms with Gasteiger partial charge in [-0.25, -0.2) is 0 Å². The predicted octanol–water partition coefficient (Wildman–Crippen LogP) is 4.31. The molecule has 0 spiro atoms. The number of aryl methyl sites for hydroxylation is 1. The van der Waals surface area contributed by atoms with Crippen LogP contribution in [-0.2, 0) is 11.6 Å². The minimum absolute atomic E-state index is 0.258. The molecule has 0 saturated carbocycles. The number of hydrogen-bond acceptors (Lipinski definition) is 0. The van der Waals surface area contributed by atoms with Gasteiger partial charge in [-0.2, -0.15) is 13.2 Å². The highest BCUT2D eigenvalue weighted by Gasteiger charge is 2.31. The van der Waals surface area contributed by atoms with Crippen LogP contribution in [0.25, 0.3) is 0 Å². The van der Waals surface area contributed by atoms with Crippen molar-refractivity contribution in [3.8, 4) is 0 Å². The molecular weight excluding hydrogens is 201 g/mol. The first-order valence-corrected chi connectivity index (χ1v) is 4.80. The molecule has 1 aromatic carbocycles. The average molecular weight is 216 g/mol. The number of rotatable bonds is 0. The standard InChI is InChI=1S/C12H15F3/c1-8-5-9(11(2,3)4)7-10(6-8)12(13,14)15/h5-7H,1-4H3. The van der Waals surface area contributed by atoms with Gasteiger partial charge in [0, 0.05) is 0 Å². The van der Waals surface area contributed by atoms with E-state index in [-0.39, 0.29) is 5.41 Å². The lowest BCUT2D eigenvalue weighted by molar-refractivity contribution is -0.137. The summed E-state index contributed by atoms with van der Waals surface area (Å²) in [5, 5.41) is 0. The number of benzene rings is 1. The Balaban J connectivity index is 3.30. The Labute approximate surface area is 88.1 Å². The van der Waals surface area contributed by atoms with E-state index in [2.05, 4.69) is 0 Å². The molecule has 0 atom stereocenters. The van der Waals surface area contributed by atoms with Gasteiger partial charge >= 0.3 is 6.18 Å². The minimum Gasteiger partial charge on any atom is -0.166 e. The molecule has 0 aliphatic rings. The van der Waals surface area contributed by atoms with Crippen molar-refractivity contribution in [3.05, 3.63) is 34.9 Å². The summed E-state index contributed by atoms with van der Waals surface area (Å²) in [7, 11) is 0. The van der Waals surface area contributed by atoms with E-state index in [1.54, 1.807) is 13.0 Å². The molecule has 0 saturated heterocycles. The van der Waals surface area contributed by atoms with E-state index in [0.29, 0.717) is 5.56 Å². The molecule has 0 unspecified atom stereocenters. The van der Waals surface area contributed by atoms with Gasteiger partial charge in [-0.05, 0) is 30.0 Å². The van der Waals surface area contributed by atoms with Gasteiger partial charge in [0.25, 0.3) is 0 Å². The van der Waals surface area contributed by atoms with E-state index in [4.69, 9.17) is 0 Å². The van der Waals surface area contributed by atoms with Crippen molar-refractivity contribution in [1.29, 1.82) is 0 Å². The summed E-state index contributed by atoms with van der Waals surface area (Å²) in [5.41, 5.74) is 0.545. The van der Waals surface area contributed by atoms with Crippen LogP contribution in [0.15, 0.2) is 18.2 Å². The molecule has 15 heavy (non-hydrogen) atoms. The average Bonchev–Trinajstić information content (AvgIpc) is 1.99. The van der Waals surface area contributed by atoms with E-state index >= 15 is 0 Å². The zero-order chi connectivity index (χ0) is 11.9. The summed E-state index contributed by atoms with van der Waals surface area (Å²) in [6.45, 7) is 7.40. The fraction of sp³-hybridized carbons (Fsp3) is 0.500. The number of halogens is 3. The van der Waals surface area contributed by atoms with Gasteiger partial charge < -0.3 is 0 Å². The van der Waals surface area contributed by atoms with Crippen molar-refractivity contribution in [2.45, 2.75) is 39.3 Å². The first-order chi connectivity index (χ1) is 6.60. The molecule has 0 fully saturated rings. The van der Waals surface area contributed by atoms with Crippen LogP contribution in [0.3, 0.4) is 0 Å². The van der Waals surface area contributed by atoms with Gasteiger partial charge in [-0.1, -0.05) is 32.4 Å². The Morgan fingerprint density at radius 3 is 1.73 bits per heavy atom. The maximum Gasteiger partial charge on any atom is 0.416 e. The van der Waals surface area contributed by atoms with Crippen LogP contribution in [0.5, 0.6) is 0 Å². The highest BCUT2D eigenvalue weighted by Crippen LogP contribution is 2.33. The van der Waals surface area contributed by atoms with Gasteiger partial charge in [0.2, 0.25) is 0 Å². The van der Waals surface area contributed by atoms with Crippen molar-refractivity contribution < 1.29 is 13.2 Å². The molecule has 0 aliphatic carbocycles. The Morgan fingerprint density at radius 2 is 1.33 bits per heavy atom. The third-order valence-electron chi connectivity index (χ3n) is 2.27. The molecule has 0 bridgehead atoms. The molecule has 3 heteroatoms. The monoisotopic (exact) mass is 216 g/mol. The number of alkyl halides is 3. The van der Waals surface area contributed by atoms with Crippen LogP contribution >= 0.6 is 0 Å². The zero-order valence-electron chi connectivity index (χ0n) is 9.37. The second-order valence-electron chi connectivity index (χ2n) is 4.84. The summed E-state index contributed by atoms with van der Waals surface area (Å²) in [6.07, 6.45) is -4.26. The molecule has 0 amide bonds. The van der Waals surface area contributed by atoms with Crippen molar-refractivity contribution in [3.63, 3.8) is 0 Å². The minimum atomic E-state index is -4.26. The topological polar surface area (TPSA) is 0 Å². The molecule has 0 aromatic heterocycles. The summed E-state index contributed by atoms with van der Waals surface area (Å²) < 4.78 is 37.6. The first kappa shape index (κ1) is 12.1. The van der Waals surface area contributed by atoms with Crippen LogP contribution in [0.2, 0.25) is 0 Å². The summed E-state index contributed by atoms with van der Waals surface area (Å²) >= 11 is 0. The molecule has 1 rings (SSSR count). The summed E-state index contributed by atoms with van der Waals surface area (Å²) in [4.78, 5) is 0. The molecule has 84 valence electrons. The normalized spacial score (nSPS) is 13.0. The molecule has 0 aliphatic heterocycles. The Bertz CT molecular complexity index is 324. The Kier molecular flexibility index (Phi) is 2.85. The van der Waals surface area contributed by atoms with Crippen molar-refractivity contribution in [1.82, 2.24) is 0 Å². The Morgan fingerprint density at radius 1 is 0.867 bits per heavy atom. The molecule has 0 heterocycles. The maximum absolute atomic E-state index is 12.5. The molecular formula is C12H15F3. The second-order valence-corrected chi connectivity index (χ2v) is 4.84. The van der Waals surface area contributed by atoms with Crippen LogP contribution in [0.4, 0.5) is 13.2 Å². The van der Waals surface area contributed by atoms with Crippen LogP contribution in [-0.4, -0.2) is 0 Å². The fourth-order valence-electron chi connectivity index (χ4n) is 1.38. The van der Waals surface area contributed by atoms with Crippen LogP contribution < -0.4 is 0 Å².